The van der Waals surface area contributed by atoms with Gasteiger partial charge in [-0.1, -0.05) is 23.4 Å². The second kappa shape index (κ2) is 6.05. The fraction of sp³-hybridized carbons (Fsp3) is 0.467. The molecule has 2 heterocycles. The first-order valence-corrected chi connectivity index (χ1v) is 7.02. The molecule has 1 N–H and O–H groups in total. The van der Waals surface area contributed by atoms with E-state index in [9.17, 15) is 0 Å². The molecular formula is C15H19N3O2. The number of hydrogen-bond donors (Lipinski definition) is 1. The molecule has 5 heteroatoms. The van der Waals surface area contributed by atoms with Crippen molar-refractivity contribution in [2.45, 2.75) is 25.2 Å². The molecular weight excluding hydrogens is 254 g/mol. The predicted molar refractivity (Wildman–Crippen MR) is 74.9 cm³/mol. The molecule has 1 aliphatic heterocycles. The van der Waals surface area contributed by atoms with Crippen molar-refractivity contribution in [3.05, 3.63) is 41.5 Å². The largest absolute Gasteiger partial charge is 0.496 e. The van der Waals surface area contributed by atoms with Crippen LogP contribution in [-0.2, 0) is 6.42 Å². The zero-order chi connectivity index (χ0) is 13.8. The Labute approximate surface area is 118 Å². The molecule has 106 valence electrons. The molecule has 0 saturated carbocycles. The topological polar surface area (TPSA) is 60.2 Å². The van der Waals surface area contributed by atoms with Crippen molar-refractivity contribution in [1.82, 2.24) is 15.5 Å². The van der Waals surface area contributed by atoms with Crippen LogP contribution in [-0.4, -0.2) is 30.3 Å². The Morgan fingerprint density at radius 1 is 1.30 bits per heavy atom. The van der Waals surface area contributed by atoms with Crippen LogP contribution >= 0.6 is 0 Å². The van der Waals surface area contributed by atoms with Crippen LogP contribution in [0.2, 0.25) is 0 Å². The summed E-state index contributed by atoms with van der Waals surface area (Å²) in [6, 6.07) is 7.91. The van der Waals surface area contributed by atoms with Crippen molar-refractivity contribution in [2.75, 3.05) is 20.2 Å². The molecule has 1 aliphatic rings. The van der Waals surface area contributed by atoms with Gasteiger partial charge in [-0.05, 0) is 32.0 Å². The maximum Gasteiger partial charge on any atom is 0.231 e. The Morgan fingerprint density at radius 2 is 2.10 bits per heavy atom. The van der Waals surface area contributed by atoms with Gasteiger partial charge >= 0.3 is 0 Å². The van der Waals surface area contributed by atoms with Crippen molar-refractivity contribution >= 4 is 0 Å². The molecule has 1 aromatic heterocycles. The molecule has 0 radical (unpaired) electrons. The number of aromatic nitrogens is 2. The van der Waals surface area contributed by atoms with Gasteiger partial charge < -0.3 is 14.6 Å². The summed E-state index contributed by atoms with van der Waals surface area (Å²) in [4.78, 5) is 4.54. The highest BCUT2D eigenvalue weighted by atomic mass is 16.5. The molecule has 1 saturated heterocycles. The predicted octanol–water partition coefficient (Wildman–Crippen LogP) is 2.14. The van der Waals surface area contributed by atoms with Crippen LogP contribution in [0.3, 0.4) is 0 Å². The Morgan fingerprint density at radius 3 is 2.90 bits per heavy atom. The third kappa shape index (κ3) is 2.82. The average Bonchev–Trinajstić information content (AvgIpc) is 2.97. The monoisotopic (exact) mass is 273 g/mol. The van der Waals surface area contributed by atoms with Crippen molar-refractivity contribution in [3.8, 4) is 5.75 Å². The van der Waals surface area contributed by atoms with Gasteiger partial charge in [0.2, 0.25) is 5.89 Å². The number of rotatable bonds is 4. The van der Waals surface area contributed by atoms with Gasteiger partial charge in [0, 0.05) is 11.5 Å². The third-order valence-corrected chi connectivity index (χ3v) is 3.72. The number of para-hydroxylation sites is 1. The van der Waals surface area contributed by atoms with Gasteiger partial charge in [-0.2, -0.15) is 4.98 Å². The summed E-state index contributed by atoms with van der Waals surface area (Å²) in [6.07, 6.45) is 2.77. The minimum Gasteiger partial charge on any atom is -0.496 e. The minimum atomic E-state index is 0.423. The van der Waals surface area contributed by atoms with E-state index in [4.69, 9.17) is 9.26 Å². The molecule has 2 aromatic rings. The van der Waals surface area contributed by atoms with Gasteiger partial charge in [-0.25, -0.2) is 0 Å². The van der Waals surface area contributed by atoms with E-state index < -0.39 is 0 Å². The zero-order valence-corrected chi connectivity index (χ0v) is 11.6. The van der Waals surface area contributed by atoms with Gasteiger partial charge in [-0.15, -0.1) is 0 Å². The van der Waals surface area contributed by atoms with Gasteiger partial charge in [0.05, 0.1) is 13.5 Å². The first-order valence-electron chi connectivity index (χ1n) is 7.02. The molecule has 1 fully saturated rings. The average molecular weight is 273 g/mol. The Hall–Kier alpha value is -1.88. The van der Waals surface area contributed by atoms with Crippen LogP contribution in [0.5, 0.6) is 5.75 Å². The number of methoxy groups -OCH3 is 1. The summed E-state index contributed by atoms with van der Waals surface area (Å²) >= 11 is 0. The number of hydrogen-bond acceptors (Lipinski definition) is 5. The second-order valence-electron chi connectivity index (χ2n) is 5.06. The van der Waals surface area contributed by atoms with Crippen molar-refractivity contribution < 1.29 is 9.26 Å². The zero-order valence-electron chi connectivity index (χ0n) is 11.6. The normalized spacial score (nSPS) is 16.2. The summed E-state index contributed by atoms with van der Waals surface area (Å²) in [6.45, 7) is 2.06. The summed E-state index contributed by atoms with van der Waals surface area (Å²) in [5.74, 6) is 2.78. The summed E-state index contributed by atoms with van der Waals surface area (Å²) in [5, 5.41) is 7.48. The molecule has 0 atom stereocenters. The van der Waals surface area contributed by atoms with Gasteiger partial charge in [0.15, 0.2) is 5.82 Å². The number of ether oxygens (including phenoxy) is 1. The van der Waals surface area contributed by atoms with Crippen molar-refractivity contribution in [1.29, 1.82) is 0 Å². The minimum absolute atomic E-state index is 0.423. The van der Waals surface area contributed by atoms with Gasteiger partial charge in [0.25, 0.3) is 0 Å². The molecule has 3 rings (SSSR count). The molecule has 0 bridgehead atoms. The number of piperidine rings is 1. The highest BCUT2D eigenvalue weighted by Crippen LogP contribution is 2.24. The highest BCUT2D eigenvalue weighted by molar-refractivity contribution is 5.34. The standard InChI is InChI=1S/C15H19N3O2/c1-19-13-5-3-2-4-12(13)10-14-17-15(18-20-14)11-6-8-16-9-7-11/h2-5,11,16H,6-10H2,1H3. The lowest BCUT2D eigenvalue weighted by Crippen LogP contribution is -2.27. The summed E-state index contributed by atoms with van der Waals surface area (Å²) in [7, 11) is 1.67. The Bertz CT molecular complexity index is 562. The van der Waals surface area contributed by atoms with E-state index in [1.807, 2.05) is 24.3 Å². The van der Waals surface area contributed by atoms with E-state index in [1.54, 1.807) is 7.11 Å². The molecule has 0 unspecified atom stereocenters. The number of benzene rings is 1. The van der Waals surface area contributed by atoms with Crippen LogP contribution in [0.15, 0.2) is 28.8 Å². The molecule has 0 spiro atoms. The maximum absolute atomic E-state index is 5.38. The van der Waals surface area contributed by atoms with E-state index in [0.717, 1.165) is 43.1 Å². The quantitative estimate of drug-likeness (QED) is 0.924. The summed E-state index contributed by atoms with van der Waals surface area (Å²) < 4.78 is 10.7. The lowest BCUT2D eigenvalue weighted by Gasteiger charge is -2.18. The highest BCUT2D eigenvalue weighted by Gasteiger charge is 2.21. The lowest BCUT2D eigenvalue weighted by molar-refractivity contribution is 0.362. The van der Waals surface area contributed by atoms with Crippen molar-refractivity contribution in [3.63, 3.8) is 0 Å². The fourth-order valence-corrected chi connectivity index (χ4v) is 2.60. The van der Waals surface area contributed by atoms with Crippen LogP contribution < -0.4 is 10.1 Å². The van der Waals surface area contributed by atoms with Crippen LogP contribution in [0.25, 0.3) is 0 Å². The van der Waals surface area contributed by atoms with E-state index in [0.29, 0.717) is 18.2 Å². The molecule has 0 amide bonds. The van der Waals surface area contributed by atoms with E-state index in [1.165, 1.54) is 0 Å². The fourth-order valence-electron chi connectivity index (χ4n) is 2.60. The first-order chi connectivity index (χ1) is 9.86. The number of nitrogens with one attached hydrogen (secondary N) is 1. The molecule has 5 nitrogen and oxygen atoms in total. The summed E-state index contributed by atoms with van der Waals surface area (Å²) in [5.41, 5.74) is 1.07. The van der Waals surface area contributed by atoms with E-state index >= 15 is 0 Å². The lowest BCUT2D eigenvalue weighted by atomic mass is 9.98. The Kier molecular flexibility index (Phi) is 3.97. The molecule has 20 heavy (non-hydrogen) atoms. The van der Waals surface area contributed by atoms with Gasteiger partial charge in [0.1, 0.15) is 5.75 Å². The SMILES string of the molecule is COc1ccccc1Cc1nc(C2CCNCC2)no1. The second-order valence-corrected chi connectivity index (χ2v) is 5.06. The maximum atomic E-state index is 5.38. The number of nitrogens with zero attached hydrogens (tertiary/aromatic N) is 2. The smallest absolute Gasteiger partial charge is 0.231 e. The van der Waals surface area contributed by atoms with Crippen LogP contribution in [0.4, 0.5) is 0 Å². The first kappa shape index (κ1) is 13.1. The van der Waals surface area contributed by atoms with Crippen LogP contribution in [0.1, 0.15) is 36.0 Å². The Balaban J connectivity index is 1.73. The van der Waals surface area contributed by atoms with Crippen LogP contribution in [0, 0.1) is 0 Å². The van der Waals surface area contributed by atoms with E-state index in [2.05, 4.69) is 15.5 Å². The molecule has 1 aromatic carbocycles. The van der Waals surface area contributed by atoms with Crippen molar-refractivity contribution in [2.24, 2.45) is 0 Å². The van der Waals surface area contributed by atoms with E-state index in [-0.39, 0.29) is 0 Å². The third-order valence-electron chi connectivity index (χ3n) is 3.72. The molecule has 0 aliphatic carbocycles. The van der Waals surface area contributed by atoms with Gasteiger partial charge in [-0.3, -0.25) is 0 Å².